The maximum absolute atomic E-state index is 12.5. The fraction of sp³-hybridized carbons (Fsp3) is 0.932. The minimum Gasteiger partial charge on any atom is -0.466 e. The van der Waals surface area contributed by atoms with Gasteiger partial charge in [-0.2, -0.15) is 0 Å². The van der Waals surface area contributed by atoms with Crippen molar-refractivity contribution in [2.24, 2.45) is 0 Å². The highest BCUT2D eigenvalue weighted by Gasteiger charge is 2.20. The molecule has 0 saturated carbocycles. The number of hydrogen-bond donors (Lipinski definition) is 3. The van der Waals surface area contributed by atoms with Gasteiger partial charge in [0.2, 0.25) is 5.91 Å². The van der Waals surface area contributed by atoms with Crippen LogP contribution in [0.2, 0.25) is 0 Å². The molecule has 0 aliphatic heterocycles. The fourth-order valence-electron chi connectivity index (χ4n) is 9.28. The predicted octanol–water partition coefficient (Wildman–Crippen LogP) is 18.1. The number of esters is 1. The Morgan fingerprint density at radius 2 is 0.723 bits per heavy atom. The van der Waals surface area contributed by atoms with Gasteiger partial charge in [-0.15, -0.1) is 0 Å². The van der Waals surface area contributed by atoms with Crippen molar-refractivity contribution < 1.29 is 24.5 Å². The lowest BCUT2D eigenvalue weighted by Crippen LogP contribution is -2.45. The standard InChI is InChI=1S/C59H115NO5/c1-3-5-7-9-11-13-15-17-18-19-20-21-22-24-28-31-35-39-43-47-51-57(62)56(55-61)60-58(63)52-48-44-40-36-32-29-25-23-26-30-34-38-42-46-50-54-65-59(64)53-49-45-41-37-33-27-16-14-12-10-8-6-4-2/h26,30,56-57,61-62H,3-25,27-29,31-55H2,1-2H3,(H,60,63)/b30-26-. The summed E-state index contributed by atoms with van der Waals surface area (Å²) >= 11 is 0. The Balaban J connectivity index is 3.46. The predicted molar refractivity (Wildman–Crippen MR) is 283 cm³/mol. The fourth-order valence-corrected chi connectivity index (χ4v) is 9.28. The van der Waals surface area contributed by atoms with E-state index in [1.165, 1.54) is 225 Å². The molecule has 0 saturated heterocycles. The summed E-state index contributed by atoms with van der Waals surface area (Å²) in [7, 11) is 0. The Morgan fingerprint density at radius 1 is 0.415 bits per heavy atom. The van der Waals surface area contributed by atoms with Crippen LogP contribution in [0.1, 0.15) is 328 Å². The van der Waals surface area contributed by atoms with Crippen LogP contribution in [0.25, 0.3) is 0 Å². The molecule has 2 atom stereocenters. The van der Waals surface area contributed by atoms with E-state index in [1.807, 2.05) is 0 Å². The number of nitrogens with one attached hydrogen (secondary N) is 1. The molecule has 0 aromatic carbocycles. The molecule has 0 rings (SSSR count). The SMILES string of the molecule is CCCCCCCCCCCCCCCCCCCCCCC(O)C(CO)NC(=O)CCCCCCCCC/C=C\CCCCCCOC(=O)CCCCCCCCCCCCCCC. The zero-order valence-corrected chi connectivity index (χ0v) is 44.0. The first-order valence-electron chi connectivity index (χ1n) is 29.4. The van der Waals surface area contributed by atoms with E-state index in [-0.39, 0.29) is 18.5 Å². The van der Waals surface area contributed by atoms with Crippen LogP contribution in [-0.2, 0) is 14.3 Å². The molecular weight excluding hydrogens is 803 g/mol. The van der Waals surface area contributed by atoms with Gasteiger partial charge in [-0.05, 0) is 51.4 Å². The summed E-state index contributed by atoms with van der Waals surface area (Å²) in [6.45, 7) is 4.94. The van der Waals surface area contributed by atoms with Crippen molar-refractivity contribution in [3.05, 3.63) is 12.2 Å². The second-order valence-electron chi connectivity index (χ2n) is 20.3. The molecule has 0 aromatic heterocycles. The molecule has 0 fully saturated rings. The summed E-state index contributed by atoms with van der Waals surface area (Å²) in [6, 6.07) is -0.552. The third-order valence-electron chi connectivity index (χ3n) is 13.8. The summed E-state index contributed by atoms with van der Waals surface area (Å²) in [6.07, 6.45) is 64.9. The van der Waals surface area contributed by atoms with Gasteiger partial charge < -0.3 is 20.3 Å². The first-order valence-corrected chi connectivity index (χ1v) is 29.4. The lowest BCUT2D eigenvalue weighted by molar-refractivity contribution is -0.143. The number of amides is 1. The number of ether oxygens (including phenoxy) is 1. The van der Waals surface area contributed by atoms with Crippen LogP contribution in [0.15, 0.2) is 12.2 Å². The maximum Gasteiger partial charge on any atom is 0.305 e. The van der Waals surface area contributed by atoms with E-state index in [2.05, 4.69) is 31.3 Å². The second-order valence-corrected chi connectivity index (χ2v) is 20.3. The Morgan fingerprint density at radius 3 is 1.09 bits per heavy atom. The van der Waals surface area contributed by atoms with E-state index < -0.39 is 12.1 Å². The Bertz CT molecular complexity index is 970. The molecule has 1 amide bonds. The van der Waals surface area contributed by atoms with Crippen LogP contribution in [0.3, 0.4) is 0 Å². The molecule has 0 spiro atoms. The van der Waals surface area contributed by atoms with Gasteiger partial charge in [-0.1, -0.05) is 276 Å². The van der Waals surface area contributed by atoms with E-state index in [0.29, 0.717) is 25.9 Å². The number of carbonyl (C=O) groups is 2. The van der Waals surface area contributed by atoms with Crippen molar-refractivity contribution in [3.63, 3.8) is 0 Å². The Labute approximate surface area is 406 Å². The molecule has 2 unspecified atom stereocenters. The third kappa shape index (κ3) is 51.8. The van der Waals surface area contributed by atoms with Crippen molar-refractivity contribution in [1.82, 2.24) is 5.32 Å². The van der Waals surface area contributed by atoms with Crippen LogP contribution < -0.4 is 5.32 Å². The van der Waals surface area contributed by atoms with Gasteiger partial charge in [0.1, 0.15) is 0 Å². The minimum absolute atomic E-state index is 0.00767. The maximum atomic E-state index is 12.5. The first-order chi connectivity index (χ1) is 32.0. The summed E-state index contributed by atoms with van der Waals surface area (Å²) in [5, 5.41) is 23.3. The topological polar surface area (TPSA) is 95.9 Å². The van der Waals surface area contributed by atoms with Gasteiger partial charge in [0, 0.05) is 12.8 Å². The molecule has 65 heavy (non-hydrogen) atoms. The normalized spacial score (nSPS) is 12.6. The molecule has 0 aromatic rings. The minimum atomic E-state index is -0.674. The second kappa shape index (κ2) is 55.2. The molecule has 0 radical (unpaired) electrons. The first kappa shape index (κ1) is 63.6. The molecule has 6 heteroatoms. The van der Waals surface area contributed by atoms with E-state index >= 15 is 0 Å². The molecular formula is C59H115NO5. The smallest absolute Gasteiger partial charge is 0.305 e. The average Bonchev–Trinajstić information content (AvgIpc) is 3.31. The van der Waals surface area contributed by atoms with Crippen molar-refractivity contribution in [2.75, 3.05) is 13.2 Å². The molecule has 0 aliphatic carbocycles. The monoisotopic (exact) mass is 918 g/mol. The van der Waals surface area contributed by atoms with E-state index in [4.69, 9.17) is 4.74 Å². The molecule has 0 heterocycles. The largest absolute Gasteiger partial charge is 0.466 e. The number of allylic oxidation sites excluding steroid dienone is 2. The number of aliphatic hydroxyl groups is 2. The Hall–Kier alpha value is -1.40. The van der Waals surface area contributed by atoms with Gasteiger partial charge in [0.05, 0.1) is 25.4 Å². The van der Waals surface area contributed by atoms with E-state index in [1.54, 1.807) is 0 Å². The van der Waals surface area contributed by atoms with Crippen molar-refractivity contribution in [2.45, 2.75) is 341 Å². The van der Waals surface area contributed by atoms with Crippen LogP contribution in [0, 0.1) is 0 Å². The van der Waals surface area contributed by atoms with Gasteiger partial charge in [0.25, 0.3) is 0 Å². The summed E-state index contributed by atoms with van der Waals surface area (Å²) in [4.78, 5) is 24.5. The van der Waals surface area contributed by atoms with Gasteiger partial charge >= 0.3 is 5.97 Å². The van der Waals surface area contributed by atoms with Crippen LogP contribution in [0.4, 0.5) is 0 Å². The van der Waals surface area contributed by atoms with Crippen LogP contribution >= 0.6 is 0 Å². The van der Waals surface area contributed by atoms with Crippen LogP contribution in [0.5, 0.6) is 0 Å². The highest BCUT2D eigenvalue weighted by molar-refractivity contribution is 5.76. The van der Waals surface area contributed by atoms with Gasteiger partial charge in [0.15, 0.2) is 0 Å². The average molecular weight is 919 g/mol. The lowest BCUT2D eigenvalue weighted by Gasteiger charge is -2.22. The summed E-state index contributed by atoms with van der Waals surface area (Å²) in [5.74, 6) is -0.0545. The van der Waals surface area contributed by atoms with Gasteiger partial charge in [-0.3, -0.25) is 9.59 Å². The highest BCUT2D eigenvalue weighted by atomic mass is 16.5. The highest BCUT2D eigenvalue weighted by Crippen LogP contribution is 2.18. The molecule has 0 bridgehead atoms. The number of rotatable bonds is 55. The summed E-state index contributed by atoms with van der Waals surface area (Å²) in [5.41, 5.74) is 0. The zero-order chi connectivity index (χ0) is 47.2. The van der Waals surface area contributed by atoms with Crippen LogP contribution in [-0.4, -0.2) is 47.4 Å². The number of aliphatic hydroxyl groups excluding tert-OH is 2. The van der Waals surface area contributed by atoms with Gasteiger partial charge in [-0.25, -0.2) is 0 Å². The number of unbranched alkanes of at least 4 members (excludes halogenated alkanes) is 42. The lowest BCUT2D eigenvalue weighted by atomic mass is 10.0. The third-order valence-corrected chi connectivity index (χ3v) is 13.8. The number of carbonyl (C=O) groups excluding carboxylic acids is 2. The van der Waals surface area contributed by atoms with Crippen molar-refractivity contribution >= 4 is 11.9 Å². The zero-order valence-electron chi connectivity index (χ0n) is 44.0. The molecule has 0 aliphatic rings. The quantitative estimate of drug-likeness (QED) is 0.0321. The molecule has 6 nitrogen and oxygen atoms in total. The van der Waals surface area contributed by atoms with E-state index in [0.717, 1.165) is 70.6 Å². The number of hydrogen-bond acceptors (Lipinski definition) is 5. The van der Waals surface area contributed by atoms with E-state index in [9.17, 15) is 19.8 Å². The molecule has 386 valence electrons. The summed E-state index contributed by atoms with van der Waals surface area (Å²) < 4.78 is 5.46. The Kier molecular flexibility index (Phi) is 54.0. The molecule has 3 N–H and O–H groups in total. The van der Waals surface area contributed by atoms with Crippen molar-refractivity contribution in [1.29, 1.82) is 0 Å². The van der Waals surface area contributed by atoms with Crippen molar-refractivity contribution in [3.8, 4) is 0 Å².